The van der Waals surface area contributed by atoms with Crippen molar-refractivity contribution < 1.29 is 9.18 Å². The number of hydrazone groups is 1. The van der Waals surface area contributed by atoms with Gasteiger partial charge in [-0.05, 0) is 38.8 Å². The Balaban J connectivity index is 1.63. The first-order valence-electron chi connectivity index (χ1n) is 8.32. The Morgan fingerprint density at radius 3 is 2.80 bits per heavy atom. The number of amides is 1. The third-order valence-electron chi connectivity index (χ3n) is 4.17. The molecule has 1 fully saturated rings. The fraction of sp³-hybridized carbons (Fsp3) is 0.389. The molecule has 3 rings (SSSR count). The zero-order chi connectivity index (χ0) is 17.8. The van der Waals surface area contributed by atoms with Gasteiger partial charge in [0.2, 0.25) is 5.91 Å². The maximum atomic E-state index is 14.4. The standard InChI is InChI=1S/C18H21FN4OS/c1-12(21-22-18(24)10-15-11-25-13(2)20-15)14-5-6-17(16(19)9-14)23-7-3-4-8-23/h5-6,9,11H,3-4,7-8,10H2,1-2H3,(H,22,24)/b21-12-. The van der Waals surface area contributed by atoms with Gasteiger partial charge < -0.3 is 4.90 Å². The van der Waals surface area contributed by atoms with Crippen LogP contribution in [0.25, 0.3) is 0 Å². The Kier molecular flexibility index (Phi) is 5.43. The number of carbonyl (C=O) groups excluding carboxylic acids is 1. The van der Waals surface area contributed by atoms with Gasteiger partial charge in [0.25, 0.3) is 0 Å². The van der Waals surface area contributed by atoms with E-state index in [0.29, 0.717) is 17.0 Å². The summed E-state index contributed by atoms with van der Waals surface area (Å²) in [5.74, 6) is -0.489. The fourth-order valence-electron chi connectivity index (χ4n) is 2.85. The molecule has 0 atom stereocenters. The molecule has 0 saturated carbocycles. The summed E-state index contributed by atoms with van der Waals surface area (Å²) in [6.45, 7) is 5.44. The Bertz CT molecular complexity index is 796. The molecule has 1 saturated heterocycles. The number of aryl methyl sites for hydroxylation is 1. The van der Waals surface area contributed by atoms with Crippen LogP contribution in [0.15, 0.2) is 28.7 Å². The van der Waals surface area contributed by atoms with E-state index in [4.69, 9.17) is 0 Å². The molecule has 5 nitrogen and oxygen atoms in total. The van der Waals surface area contributed by atoms with Crippen LogP contribution in [0, 0.1) is 12.7 Å². The number of rotatable bonds is 5. The lowest BCUT2D eigenvalue weighted by Gasteiger charge is -2.18. The molecule has 0 radical (unpaired) electrons. The van der Waals surface area contributed by atoms with Crippen molar-refractivity contribution in [3.63, 3.8) is 0 Å². The van der Waals surface area contributed by atoms with Gasteiger partial charge in [-0.2, -0.15) is 5.10 Å². The summed E-state index contributed by atoms with van der Waals surface area (Å²) in [5.41, 5.74) is 5.10. The number of thiazole rings is 1. The first-order valence-corrected chi connectivity index (χ1v) is 9.20. The summed E-state index contributed by atoms with van der Waals surface area (Å²) in [7, 11) is 0. The largest absolute Gasteiger partial charge is 0.369 e. The highest BCUT2D eigenvalue weighted by Gasteiger charge is 2.16. The molecule has 1 aliphatic rings. The van der Waals surface area contributed by atoms with E-state index in [1.54, 1.807) is 13.0 Å². The van der Waals surface area contributed by atoms with Crippen LogP contribution in [0.1, 0.15) is 36.0 Å². The average Bonchev–Trinajstić information content (AvgIpc) is 3.24. The Hall–Kier alpha value is -2.28. The van der Waals surface area contributed by atoms with Gasteiger partial charge in [-0.25, -0.2) is 14.8 Å². The van der Waals surface area contributed by atoms with Crippen LogP contribution in [0.5, 0.6) is 0 Å². The molecular formula is C18H21FN4OS. The number of hydrogen-bond donors (Lipinski definition) is 1. The van der Waals surface area contributed by atoms with Gasteiger partial charge in [0.1, 0.15) is 5.82 Å². The van der Waals surface area contributed by atoms with Gasteiger partial charge in [-0.1, -0.05) is 6.07 Å². The van der Waals surface area contributed by atoms with Crippen molar-refractivity contribution in [1.29, 1.82) is 0 Å². The van der Waals surface area contributed by atoms with Gasteiger partial charge in [-0.15, -0.1) is 11.3 Å². The van der Waals surface area contributed by atoms with Crippen molar-refractivity contribution in [3.8, 4) is 0 Å². The van der Waals surface area contributed by atoms with Gasteiger partial charge in [-0.3, -0.25) is 4.79 Å². The lowest BCUT2D eigenvalue weighted by molar-refractivity contribution is -0.120. The minimum absolute atomic E-state index is 0.184. The van der Waals surface area contributed by atoms with Gasteiger partial charge in [0.05, 0.1) is 28.5 Å². The molecule has 0 unspecified atom stereocenters. The minimum Gasteiger partial charge on any atom is -0.369 e. The van der Waals surface area contributed by atoms with Crippen LogP contribution in [0.3, 0.4) is 0 Å². The lowest BCUT2D eigenvalue weighted by atomic mass is 10.1. The maximum Gasteiger partial charge on any atom is 0.246 e. The number of hydrogen-bond acceptors (Lipinski definition) is 5. The molecule has 7 heteroatoms. The fourth-order valence-corrected chi connectivity index (χ4v) is 3.46. The highest BCUT2D eigenvalue weighted by atomic mass is 32.1. The van der Waals surface area contributed by atoms with Crippen LogP contribution in [0.2, 0.25) is 0 Å². The Morgan fingerprint density at radius 2 is 2.16 bits per heavy atom. The number of carbonyl (C=O) groups is 1. The zero-order valence-corrected chi connectivity index (χ0v) is 15.2. The third-order valence-corrected chi connectivity index (χ3v) is 4.99. The van der Waals surface area contributed by atoms with E-state index >= 15 is 0 Å². The van der Waals surface area contributed by atoms with Crippen LogP contribution < -0.4 is 10.3 Å². The van der Waals surface area contributed by atoms with Crippen LogP contribution in [-0.2, 0) is 11.2 Å². The van der Waals surface area contributed by atoms with E-state index < -0.39 is 0 Å². The monoisotopic (exact) mass is 360 g/mol. The number of nitrogens with one attached hydrogen (secondary N) is 1. The molecule has 1 N–H and O–H groups in total. The number of aromatic nitrogens is 1. The Morgan fingerprint density at radius 1 is 1.40 bits per heavy atom. The van der Waals surface area contributed by atoms with E-state index in [2.05, 4.69) is 20.4 Å². The summed E-state index contributed by atoms with van der Waals surface area (Å²) >= 11 is 1.51. The second-order valence-electron chi connectivity index (χ2n) is 6.13. The third kappa shape index (κ3) is 4.42. The van der Waals surface area contributed by atoms with Gasteiger partial charge >= 0.3 is 0 Å². The lowest BCUT2D eigenvalue weighted by Crippen LogP contribution is -2.22. The second-order valence-corrected chi connectivity index (χ2v) is 7.19. The quantitative estimate of drug-likeness (QED) is 0.658. The molecule has 1 aliphatic heterocycles. The summed E-state index contributed by atoms with van der Waals surface area (Å²) in [6, 6.07) is 5.10. The van der Waals surface area contributed by atoms with E-state index in [1.165, 1.54) is 17.4 Å². The number of benzene rings is 1. The molecule has 0 spiro atoms. The topological polar surface area (TPSA) is 57.6 Å². The average molecular weight is 360 g/mol. The summed E-state index contributed by atoms with van der Waals surface area (Å²) in [4.78, 5) is 18.2. The summed E-state index contributed by atoms with van der Waals surface area (Å²) in [5, 5.41) is 6.86. The zero-order valence-electron chi connectivity index (χ0n) is 14.4. The van der Waals surface area contributed by atoms with Crippen molar-refractivity contribution >= 4 is 28.6 Å². The molecule has 0 bridgehead atoms. The van der Waals surface area contributed by atoms with E-state index in [1.807, 2.05) is 18.4 Å². The second kappa shape index (κ2) is 7.74. The summed E-state index contributed by atoms with van der Waals surface area (Å²) in [6.07, 6.45) is 2.39. The van der Waals surface area contributed by atoms with E-state index in [-0.39, 0.29) is 18.1 Å². The van der Waals surface area contributed by atoms with Crippen LogP contribution in [0.4, 0.5) is 10.1 Å². The number of nitrogens with zero attached hydrogens (tertiary/aromatic N) is 3. The predicted molar refractivity (Wildman–Crippen MR) is 98.8 cm³/mol. The molecule has 1 aromatic heterocycles. The number of halogens is 1. The maximum absolute atomic E-state index is 14.4. The van der Waals surface area contributed by atoms with Crippen LogP contribution in [-0.4, -0.2) is 29.7 Å². The van der Waals surface area contributed by atoms with Crippen molar-refractivity contribution in [1.82, 2.24) is 10.4 Å². The van der Waals surface area contributed by atoms with Crippen molar-refractivity contribution in [3.05, 3.63) is 45.7 Å². The minimum atomic E-state index is -0.252. The predicted octanol–water partition coefficient (Wildman–Crippen LogP) is 3.27. The van der Waals surface area contributed by atoms with Crippen molar-refractivity contribution in [2.75, 3.05) is 18.0 Å². The SMILES string of the molecule is C/C(=N/NC(=O)Cc1csc(C)n1)c1ccc(N2CCCC2)c(F)c1. The molecule has 25 heavy (non-hydrogen) atoms. The molecule has 1 aromatic carbocycles. The van der Waals surface area contributed by atoms with Crippen molar-refractivity contribution in [2.24, 2.45) is 5.10 Å². The molecule has 2 heterocycles. The highest BCUT2D eigenvalue weighted by Crippen LogP contribution is 2.24. The van der Waals surface area contributed by atoms with Gasteiger partial charge in [0.15, 0.2) is 0 Å². The first-order chi connectivity index (χ1) is 12.0. The smallest absolute Gasteiger partial charge is 0.246 e. The molecule has 132 valence electrons. The molecular weight excluding hydrogens is 339 g/mol. The van der Waals surface area contributed by atoms with Crippen molar-refractivity contribution in [2.45, 2.75) is 33.1 Å². The van der Waals surface area contributed by atoms with Gasteiger partial charge in [0, 0.05) is 24.0 Å². The van der Waals surface area contributed by atoms with E-state index in [0.717, 1.165) is 36.6 Å². The Labute approximate surface area is 150 Å². The number of anilines is 1. The molecule has 0 aliphatic carbocycles. The first kappa shape index (κ1) is 17.5. The highest BCUT2D eigenvalue weighted by molar-refractivity contribution is 7.09. The molecule has 2 aromatic rings. The van der Waals surface area contributed by atoms with E-state index in [9.17, 15) is 9.18 Å². The van der Waals surface area contributed by atoms with Crippen LogP contribution >= 0.6 is 11.3 Å². The normalized spacial score (nSPS) is 14.8. The molecule has 1 amide bonds. The summed E-state index contributed by atoms with van der Waals surface area (Å²) < 4.78 is 14.4.